The number of fused-ring (bicyclic) bond motifs is 1. The molecule has 29 heavy (non-hydrogen) atoms. The van der Waals surface area contributed by atoms with Crippen molar-refractivity contribution in [2.24, 2.45) is 5.92 Å². The highest BCUT2D eigenvalue weighted by molar-refractivity contribution is 7.16. The lowest BCUT2D eigenvalue weighted by atomic mass is 9.88. The Hall–Kier alpha value is -3.05. The Morgan fingerprint density at radius 1 is 1.45 bits per heavy atom. The number of amides is 2. The number of carbonyl (C=O) groups excluding carboxylic acids is 2. The zero-order chi connectivity index (χ0) is 20.2. The number of likely N-dealkylation sites (tertiary alicyclic amines) is 1. The number of thiophene rings is 1. The Kier molecular flexibility index (Phi) is 5.67. The zero-order valence-electron chi connectivity index (χ0n) is 15.8. The smallest absolute Gasteiger partial charge is 0.409 e. The van der Waals surface area contributed by atoms with Crippen molar-refractivity contribution in [1.29, 1.82) is 5.26 Å². The summed E-state index contributed by atoms with van der Waals surface area (Å²) in [6.45, 7) is 1.95. The third kappa shape index (κ3) is 4.35. The monoisotopic (exact) mass is 411 g/mol. The van der Waals surface area contributed by atoms with Crippen molar-refractivity contribution in [3.63, 3.8) is 0 Å². The number of nitrogens with zero attached hydrogens (tertiary/aromatic N) is 2. The molecule has 2 aromatic rings. The van der Waals surface area contributed by atoms with E-state index in [0.717, 1.165) is 49.2 Å². The van der Waals surface area contributed by atoms with Gasteiger partial charge < -0.3 is 19.4 Å². The van der Waals surface area contributed by atoms with E-state index in [1.807, 2.05) is 0 Å². The van der Waals surface area contributed by atoms with Crippen LogP contribution in [-0.2, 0) is 22.4 Å². The summed E-state index contributed by atoms with van der Waals surface area (Å²) < 4.78 is 10.6. The number of ether oxygens (including phenoxy) is 1. The molecule has 1 atom stereocenters. The van der Waals surface area contributed by atoms with Gasteiger partial charge in [0.2, 0.25) is 5.91 Å². The predicted octanol–water partition coefficient (Wildman–Crippen LogP) is 3.81. The molecule has 3 heterocycles. The van der Waals surface area contributed by atoms with Gasteiger partial charge in [-0.25, -0.2) is 4.79 Å². The van der Waals surface area contributed by atoms with Crippen LogP contribution in [0.1, 0.15) is 34.6 Å². The quantitative estimate of drug-likeness (QED) is 0.755. The standard InChI is InChI=1S/C21H21N3O4S/c22-12-17-16-6-4-14(13-28-21(26)24-8-2-9-24)11-18(16)29-20(17)23-19(25)7-5-15-3-1-10-27-15/h1,3,5,7,10,14H,2,4,6,8-9,11,13H2,(H,23,25)/b7-5+. The maximum absolute atomic E-state index is 12.2. The summed E-state index contributed by atoms with van der Waals surface area (Å²) in [6.07, 6.45) is 7.67. The molecule has 1 unspecified atom stereocenters. The van der Waals surface area contributed by atoms with Gasteiger partial charge in [0.15, 0.2) is 0 Å². The summed E-state index contributed by atoms with van der Waals surface area (Å²) in [6, 6.07) is 5.73. The van der Waals surface area contributed by atoms with Crippen molar-refractivity contribution < 1.29 is 18.7 Å². The molecule has 0 spiro atoms. The van der Waals surface area contributed by atoms with E-state index in [9.17, 15) is 14.9 Å². The Morgan fingerprint density at radius 3 is 3.00 bits per heavy atom. The summed E-state index contributed by atoms with van der Waals surface area (Å²) >= 11 is 1.44. The Bertz CT molecular complexity index is 967. The molecule has 1 aliphatic heterocycles. The summed E-state index contributed by atoms with van der Waals surface area (Å²) in [7, 11) is 0. The molecule has 1 N–H and O–H groups in total. The van der Waals surface area contributed by atoms with Crippen molar-refractivity contribution in [1.82, 2.24) is 4.90 Å². The fourth-order valence-corrected chi connectivity index (χ4v) is 4.79. The van der Waals surface area contributed by atoms with Gasteiger partial charge in [0, 0.05) is 24.0 Å². The van der Waals surface area contributed by atoms with E-state index < -0.39 is 0 Å². The average molecular weight is 411 g/mol. The van der Waals surface area contributed by atoms with Crippen molar-refractivity contribution in [3.05, 3.63) is 46.2 Å². The molecule has 8 heteroatoms. The van der Waals surface area contributed by atoms with E-state index in [0.29, 0.717) is 22.9 Å². The minimum Gasteiger partial charge on any atom is -0.465 e. The predicted molar refractivity (Wildman–Crippen MR) is 108 cm³/mol. The van der Waals surface area contributed by atoms with Gasteiger partial charge in [-0.05, 0) is 55.4 Å². The summed E-state index contributed by atoms with van der Waals surface area (Å²) in [5, 5.41) is 13.0. The molecule has 2 aromatic heterocycles. The van der Waals surface area contributed by atoms with Crippen LogP contribution in [0.4, 0.5) is 9.80 Å². The second kappa shape index (κ2) is 8.53. The molecule has 0 bridgehead atoms. The third-order valence-corrected chi connectivity index (χ3v) is 6.38. The second-order valence-corrected chi connectivity index (χ2v) is 8.29. The molecule has 2 aliphatic rings. The van der Waals surface area contributed by atoms with Gasteiger partial charge >= 0.3 is 6.09 Å². The summed E-state index contributed by atoms with van der Waals surface area (Å²) in [5.41, 5.74) is 1.55. The van der Waals surface area contributed by atoms with Crippen molar-refractivity contribution in [2.45, 2.75) is 25.7 Å². The highest BCUT2D eigenvalue weighted by Crippen LogP contribution is 2.39. The zero-order valence-corrected chi connectivity index (χ0v) is 16.7. The van der Waals surface area contributed by atoms with Gasteiger partial charge in [-0.15, -0.1) is 11.3 Å². The molecule has 0 saturated carbocycles. The van der Waals surface area contributed by atoms with E-state index in [-0.39, 0.29) is 17.9 Å². The van der Waals surface area contributed by atoms with Crippen LogP contribution in [0, 0.1) is 17.2 Å². The average Bonchev–Trinajstić information content (AvgIpc) is 3.30. The Balaban J connectivity index is 1.38. The first kappa shape index (κ1) is 19.3. The molecule has 1 fully saturated rings. The van der Waals surface area contributed by atoms with Gasteiger partial charge in [-0.1, -0.05) is 0 Å². The van der Waals surface area contributed by atoms with Crippen LogP contribution in [0.15, 0.2) is 28.9 Å². The lowest BCUT2D eigenvalue weighted by molar-refractivity contribution is -0.111. The van der Waals surface area contributed by atoms with Crippen LogP contribution in [-0.4, -0.2) is 36.6 Å². The largest absolute Gasteiger partial charge is 0.465 e. The fraction of sp³-hybridized carbons (Fsp3) is 0.381. The number of carbonyl (C=O) groups is 2. The molecule has 1 aliphatic carbocycles. The van der Waals surface area contributed by atoms with E-state index in [1.54, 1.807) is 23.1 Å². The minimum atomic E-state index is -0.309. The Morgan fingerprint density at radius 2 is 2.31 bits per heavy atom. The fourth-order valence-electron chi connectivity index (χ4n) is 3.48. The number of rotatable bonds is 5. The van der Waals surface area contributed by atoms with Crippen LogP contribution in [0.25, 0.3) is 6.08 Å². The number of hydrogen-bond acceptors (Lipinski definition) is 6. The number of nitrogens with one attached hydrogen (secondary N) is 1. The highest BCUT2D eigenvalue weighted by atomic mass is 32.1. The summed E-state index contributed by atoms with van der Waals surface area (Å²) in [4.78, 5) is 26.9. The maximum atomic E-state index is 12.2. The lowest BCUT2D eigenvalue weighted by Crippen LogP contribution is -2.43. The van der Waals surface area contributed by atoms with E-state index in [2.05, 4.69) is 11.4 Å². The van der Waals surface area contributed by atoms with Crippen LogP contribution >= 0.6 is 11.3 Å². The van der Waals surface area contributed by atoms with E-state index >= 15 is 0 Å². The maximum Gasteiger partial charge on any atom is 0.409 e. The normalized spacial score (nSPS) is 18.0. The van der Waals surface area contributed by atoms with Crippen molar-refractivity contribution >= 4 is 34.4 Å². The topological polar surface area (TPSA) is 95.6 Å². The molecular weight excluding hydrogens is 390 g/mol. The highest BCUT2D eigenvalue weighted by Gasteiger charge is 2.28. The van der Waals surface area contributed by atoms with Gasteiger partial charge in [0.1, 0.15) is 16.8 Å². The number of nitriles is 1. The molecule has 0 aromatic carbocycles. The molecule has 0 radical (unpaired) electrons. The van der Waals surface area contributed by atoms with Gasteiger partial charge in [-0.2, -0.15) is 5.26 Å². The first-order valence-corrected chi connectivity index (χ1v) is 10.4. The van der Waals surface area contributed by atoms with Crippen LogP contribution in [0.3, 0.4) is 0 Å². The second-order valence-electron chi connectivity index (χ2n) is 7.18. The molecule has 7 nitrogen and oxygen atoms in total. The van der Waals surface area contributed by atoms with Crippen molar-refractivity contribution in [3.8, 4) is 6.07 Å². The van der Waals surface area contributed by atoms with Gasteiger partial charge in [0.25, 0.3) is 0 Å². The van der Waals surface area contributed by atoms with Gasteiger partial charge in [0.05, 0.1) is 18.4 Å². The van der Waals surface area contributed by atoms with Crippen LogP contribution in [0.5, 0.6) is 0 Å². The first-order chi connectivity index (χ1) is 14.1. The lowest BCUT2D eigenvalue weighted by Gasteiger charge is -2.31. The SMILES string of the molecule is N#Cc1c(NC(=O)/C=C/c2ccco2)sc2c1CCC(COC(=O)N1CCC1)C2. The van der Waals surface area contributed by atoms with E-state index in [4.69, 9.17) is 9.15 Å². The van der Waals surface area contributed by atoms with Crippen LogP contribution < -0.4 is 5.32 Å². The van der Waals surface area contributed by atoms with Gasteiger partial charge in [-0.3, -0.25) is 4.79 Å². The molecule has 150 valence electrons. The molecular formula is C21H21N3O4S. The Labute approximate surface area is 172 Å². The first-order valence-electron chi connectivity index (χ1n) is 9.63. The number of anilines is 1. The van der Waals surface area contributed by atoms with Crippen LogP contribution in [0.2, 0.25) is 0 Å². The molecule has 2 amide bonds. The number of furan rings is 1. The van der Waals surface area contributed by atoms with Crippen molar-refractivity contribution in [2.75, 3.05) is 25.0 Å². The molecule has 1 saturated heterocycles. The van der Waals surface area contributed by atoms with E-state index in [1.165, 1.54) is 23.7 Å². The molecule has 4 rings (SSSR count). The summed E-state index contributed by atoms with van der Waals surface area (Å²) in [5.74, 6) is 0.513. The minimum absolute atomic E-state index is 0.234. The third-order valence-electron chi connectivity index (χ3n) is 5.21. The number of hydrogen-bond donors (Lipinski definition) is 1.